The van der Waals surface area contributed by atoms with Crippen molar-refractivity contribution in [3.05, 3.63) is 29.7 Å². The molecule has 2 aliphatic rings. The SMILES string of the molecule is COC[C@H](c1cnn2cc([C@@H](N)C3CCC(F)(F)CC3)nc2c1)N1C[C@@H](C(C)(F)F)NC1=O.Cl. The lowest BCUT2D eigenvalue weighted by molar-refractivity contribution is -0.0484. The van der Waals surface area contributed by atoms with E-state index in [4.69, 9.17) is 10.5 Å². The molecule has 8 nitrogen and oxygen atoms in total. The summed E-state index contributed by atoms with van der Waals surface area (Å²) >= 11 is 0. The fourth-order valence-electron chi connectivity index (χ4n) is 4.55. The lowest BCUT2D eigenvalue weighted by Crippen LogP contribution is -2.41. The Morgan fingerprint density at radius 3 is 2.62 bits per heavy atom. The molecular formula is C21H29ClF4N6O2. The van der Waals surface area contributed by atoms with Gasteiger partial charge in [-0.2, -0.15) is 5.10 Å². The van der Waals surface area contributed by atoms with Gasteiger partial charge in [0.2, 0.25) is 5.92 Å². The molecule has 2 aromatic rings. The molecule has 0 bridgehead atoms. The van der Waals surface area contributed by atoms with Crippen molar-refractivity contribution in [2.45, 2.75) is 62.6 Å². The molecule has 0 spiro atoms. The van der Waals surface area contributed by atoms with Crippen LogP contribution in [-0.2, 0) is 4.74 Å². The monoisotopic (exact) mass is 508 g/mol. The minimum atomic E-state index is -3.07. The Morgan fingerprint density at radius 2 is 2.03 bits per heavy atom. The number of halogens is 5. The van der Waals surface area contributed by atoms with E-state index < -0.39 is 36.0 Å². The van der Waals surface area contributed by atoms with E-state index in [1.165, 1.54) is 22.7 Å². The van der Waals surface area contributed by atoms with E-state index in [0.717, 1.165) is 6.92 Å². The molecule has 3 atom stereocenters. The van der Waals surface area contributed by atoms with Crippen LogP contribution in [0.15, 0.2) is 18.5 Å². The summed E-state index contributed by atoms with van der Waals surface area (Å²) in [5.74, 6) is -5.80. The zero-order chi connectivity index (χ0) is 24.0. The van der Waals surface area contributed by atoms with Gasteiger partial charge in [-0.1, -0.05) is 0 Å². The smallest absolute Gasteiger partial charge is 0.318 e. The molecule has 0 radical (unpaired) electrons. The normalized spacial score (nSPS) is 23.0. The number of fused-ring (bicyclic) bond motifs is 1. The number of amides is 2. The highest BCUT2D eigenvalue weighted by Crippen LogP contribution is 2.40. The second-order valence-corrected chi connectivity index (χ2v) is 9.06. The lowest BCUT2D eigenvalue weighted by Gasteiger charge is -2.31. The first-order chi connectivity index (χ1) is 15.5. The van der Waals surface area contributed by atoms with Crippen molar-refractivity contribution in [3.8, 4) is 0 Å². The lowest BCUT2D eigenvalue weighted by atomic mass is 9.81. The maximum atomic E-state index is 13.8. The van der Waals surface area contributed by atoms with Gasteiger partial charge in [0.25, 0.3) is 5.92 Å². The number of nitrogens with one attached hydrogen (secondary N) is 1. The number of rotatable bonds is 7. The Labute approximate surface area is 200 Å². The highest BCUT2D eigenvalue weighted by Gasteiger charge is 2.45. The number of hydrogen-bond acceptors (Lipinski definition) is 5. The Hall–Kier alpha value is -2.18. The Morgan fingerprint density at radius 1 is 1.35 bits per heavy atom. The van der Waals surface area contributed by atoms with Crippen molar-refractivity contribution < 1.29 is 27.1 Å². The zero-order valence-corrected chi connectivity index (χ0v) is 19.7. The Bertz CT molecular complexity index is 1010. The van der Waals surface area contributed by atoms with Crippen molar-refractivity contribution in [2.75, 3.05) is 20.3 Å². The van der Waals surface area contributed by atoms with Gasteiger partial charge in [0.05, 0.1) is 36.8 Å². The van der Waals surface area contributed by atoms with Crippen LogP contribution in [0.2, 0.25) is 0 Å². The average Bonchev–Trinajstić information content (AvgIpc) is 3.34. The first kappa shape index (κ1) is 26.4. The first-order valence-electron chi connectivity index (χ1n) is 10.9. The van der Waals surface area contributed by atoms with Gasteiger partial charge in [-0.3, -0.25) is 0 Å². The molecular weight excluding hydrogens is 480 g/mol. The second-order valence-electron chi connectivity index (χ2n) is 9.06. The van der Waals surface area contributed by atoms with Crippen LogP contribution in [-0.4, -0.2) is 63.7 Å². The largest absolute Gasteiger partial charge is 0.382 e. The molecule has 34 heavy (non-hydrogen) atoms. The number of nitrogens with zero attached hydrogens (tertiary/aromatic N) is 4. The number of aromatic nitrogens is 3. The second kappa shape index (κ2) is 9.82. The number of imidazole rings is 1. The maximum Gasteiger partial charge on any atom is 0.318 e. The molecule has 3 heterocycles. The van der Waals surface area contributed by atoms with E-state index in [1.54, 1.807) is 12.3 Å². The summed E-state index contributed by atoms with van der Waals surface area (Å²) in [4.78, 5) is 18.3. The summed E-state index contributed by atoms with van der Waals surface area (Å²) in [6.07, 6.45) is 3.47. The van der Waals surface area contributed by atoms with E-state index >= 15 is 0 Å². The third-order valence-electron chi connectivity index (χ3n) is 6.61. The topological polar surface area (TPSA) is 97.8 Å². The molecule has 4 rings (SSSR count). The number of alkyl halides is 4. The van der Waals surface area contributed by atoms with Crippen LogP contribution in [0, 0.1) is 5.92 Å². The number of carbonyl (C=O) groups is 1. The van der Waals surface area contributed by atoms with E-state index in [1.807, 2.05) is 0 Å². The van der Waals surface area contributed by atoms with Gasteiger partial charge in [-0.25, -0.2) is 31.9 Å². The number of carbonyl (C=O) groups excluding carboxylic acids is 1. The third kappa shape index (κ3) is 5.38. The van der Waals surface area contributed by atoms with Gasteiger partial charge >= 0.3 is 6.03 Å². The van der Waals surface area contributed by atoms with Crippen LogP contribution in [0.25, 0.3) is 5.65 Å². The molecule has 13 heteroatoms. The van der Waals surface area contributed by atoms with Crippen molar-refractivity contribution in [3.63, 3.8) is 0 Å². The van der Waals surface area contributed by atoms with Crippen LogP contribution in [0.1, 0.15) is 55.9 Å². The average molecular weight is 509 g/mol. The van der Waals surface area contributed by atoms with E-state index in [2.05, 4.69) is 15.4 Å². The third-order valence-corrected chi connectivity index (χ3v) is 6.61. The van der Waals surface area contributed by atoms with Gasteiger partial charge in [0.1, 0.15) is 6.04 Å². The molecule has 1 saturated carbocycles. The molecule has 2 fully saturated rings. The van der Waals surface area contributed by atoms with Crippen LogP contribution in [0.3, 0.4) is 0 Å². The van der Waals surface area contributed by atoms with Gasteiger partial charge in [-0.05, 0) is 24.8 Å². The fourth-order valence-corrected chi connectivity index (χ4v) is 4.55. The highest BCUT2D eigenvalue weighted by atomic mass is 35.5. The van der Waals surface area contributed by atoms with Crippen molar-refractivity contribution in [1.29, 1.82) is 0 Å². The number of nitrogens with two attached hydrogens (primary N) is 1. The molecule has 0 aromatic carbocycles. The van der Waals surface area contributed by atoms with E-state index in [9.17, 15) is 22.4 Å². The van der Waals surface area contributed by atoms with Crippen molar-refractivity contribution in [2.24, 2.45) is 11.7 Å². The standard InChI is InChI=1S/C21H28F4N6O2.ClH/c1-20(22,23)16-10-30(19(32)29-16)15(11-33-2)13-7-17-28-14(9-31(17)27-8-13)18(26)12-3-5-21(24,25)6-4-12;/h7-9,12,15-16,18H,3-6,10-11,26H2,1-2H3,(H,29,32);1H/t15-,16+,18+;/m1./s1. The van der Waals surface area contributed by atoms with E-state index in [-0.39, 0.29) is 44.3 Å². The van der Waals surface area contributed by atoms with Crippen LogP contribution in [0.4, 0.5) is 22.4 Å². The summed E-state index contributed by atoms with van der Waals surface area (Å²) in [5, 5.41) is 6.66. The summed E-state index contributed by atoms with van der Waals surface area (Å²) in [6, 6.07) is -1.36. The van der Waals surface area contributed by atoms with Crippen molar-refractivity contribution >= 4 is 24.1 Å². The molecule has 3 N–H and O–H groups in total. The van der Waals surface area contributed by atoms with Gasteiger partial charge in [0.15, 0.2) is 5.65 Å². The van der Waals surface area contributed by atoms with Crippen LogP contribution < -0.4 is 11.1 Å². The molecule has 1 saturated heterocycles. The fraction of sp³-hybridized carbons (Fsp3) is 0.667. The predicted octanol–water partition coefficient (Wildman–Crippen LogP) is 3.71. The first-order valence-corrected chi connectivity index (χ1v) is 10.9. The Balaban J connectivity index is 0.00000324. The van der Waals surface area contributed by atoms with Crippen LogP contribution >= 0.6 is 12.4 Å². The summed E-state index contributed by atoms with van der Waals surface area (Å²) < 4.78 is 61.2. The quantitative estimate of drug-likeness (QED) is 0.556. The number of urea groups is 1. The predicted molar refractivity (Wildman–Crippen MR) is 118 cm³/mol. The van der Waals surface area contributed by atoms with Gasteiger partial charge in [-0.15, -0.1) is 12.4 Å². The highest BCUT2D eigenvalue weighted by molar-refractivity contribution is 5.85. The molecule has 190 valence electrons. The molecule has 1 aliphatic heterocycles. The molecule has 1 aliphatic carbocycles. The molecule has 0 unspecified atom stereocenters. The summed E-state index contributed by atoms with van der Waals surface area (Å²) in [6.45, 7) is 0.665. The van der Waals surface area contributed by atoms with Crippen molar-refractivity contribution in [1.82, 2.24) is 24.8 Å². The van der Waals surface area contributed by atoms with Gasteiger partial charge in [0, 0.05) is 39.0 Å². The number of hydrogen-bond donors (Lipinski definition) is 2. The molecule has 2 amide bonds. The Kier molecular flexibility index (Phi) is 7.63. The van der Waals surface area contributed by atoms with Crippen LogP contribution in [0.5, 0.6) is 0 Å². The zero-order valence-electron chi connectivity index (χ0n) is 18.9. The minimum Gasteiger partial charge on any atom is -0.382 e. The summed E-state index contributed by atoms with van der Waals surface area (Å²) in [5.41, 5.74) is 7.91. The number of methoxy groups -OCH3 is 1. The van der Waals surface area contributed by atoms with E-state index in [0.29, 0.717) is 29.7 Å². The maximum absolute atomic E-state index is 13.8. The van der Waals surface area contributed by atoms with Gasteiger partial charge < -0.3 is 20.7 Å². The number of ether oxygens (including phenoxy) is 1. The summed E-state index contributed by atoms with van der Waals surface area (Å²) in [7, 11) is 1.46. The molecule has 2 aromatic heterocycles. The minimum absolute atomic E-state index is 0.